The van der Waals surface area contributed by atoms with Crippen molar-refractivity contribution in [1.29, 1.82) is 0 Å². The quantitative estimate of drug-likeness (QED) is 0.780. The van der Waals surface area contributed by atoms with E-state index in [1.54, 1.807) is 0 Å². The number of aromatic carboxylic acids is 1. The van der Waals surface area contributed by atoms with Gasteiger partial charge in [0.1, 0.15) is 5.56 Å². The number of rotatable bonds is 3. The Kier molecular flexibility index (Phi) is 3.82. The number of pyridine rings is 1. The second kappa shape index (κ2) is 5.72. The molecule has 0 unspecified atom stereocenters. The van der Waals surface area contributed by atoms with Crippen LogP contribution in [-0.2, 0) is 6.18 Å². The van der Waals surface area contributed by atoms with E-state index in [-0.39, 0.29) is 17.1 Å². The normalized spacial score (nSPS) is 11.7. The van der Waals surface area contributed by atoms with Crippen LogP contribution in [-0.4, -0.2) is 37.8 Å². The van der Waals surface area contributed by atoms with Crippen molar-refractivity contribution in [2.45, 2.75) is 13.1 Å². The average molecular weight is 352 g/mol. The first-order valence-corrected chi connectivity index (χ1v) is 6.93. The van der Waals surface area contributed by atoms with Gasteiger partial charge in [0.05, 0.1) is 19.0 Å². The van der Waals surface area contributed by atoms with Crippen molar-refractivity contribution in [1.82, 2.24) is 19.6 Å². The molecule has 3 heterocycles. The van der Waals surface area contributed by atoms with Crippen LogP contribution < -0.4 is 4.74 Å². The molecule has 1 N–H and O–H groups in total. The second-order valence-electron chi connectivity index (χ2n) is 5.12. The lowest BCUT2D eigenvalue weighted by molar-refractivity contribution is -0.143. The molecule has 0 spiro atoms. The van der Waals surface area contributed by atoms with E-state index in [4.69, 9.17) is 9.84 Å². The fourth-order valence-electron chi connectivity index (χ4n) is 2.48. The highest BCUT2D eigenvalue weighted by Gasteiger charge is 2.38. The Hall–Kier alpha value is -3.17. The molecular formula is C15H11F3N4O3. The van der Waals surface area contributed by atoms with Gasteiger partial charge in [-0.1, -0.05) is 0 Å². The van der Waals surface area contributed by atoms with Crippen molar-refractivity contribution in [3.63, 3.8) is 0 Å². The summed E-state index contributed by atoms with van der Waals surface area (Å²) in [6.07, 6.45) is -2.60. The molecule has 0 aliphatic heterocycles. The summed E-state index contributed by atoms with van der Waals surface area (Å²) < 4.78 is 46.0. The van der Waals surface area contributed by atoms with Gasteiger partial charge >= 0.3 is 12.1 Å². The molecule has 0 bridgehead atoms. The van der Waals surface area contributed by atoms with Gasteiger partial charge in [0.2, 0.25) is 5.88 Å². The number of carboxylic acids is 1. The zero-order valence-corrected chi connectivity index (χ0v) is 13.0. The zero-order chi connectivity index (χ0) is 18.4. The molecule has 3 rings (SSSR count). The van der Waals surface area contributed by atoms with Crippen LogP contribution in [0, 0.1) is 6.92 Å². The van der Waals surface area contributed by atoms with Crippen LogP contribution in [0.5, 0.6) is 5.88 Å². The maximum Gasteiger partial charge on any atom is 0.433 e. The van der Waals surface area contributed by atoms with Gasteiger partial charge in [-0.05, 0) is 13.0 Å². The van der Waals surface area contributed by atoms with Gasteiger partial charge in [0.15, 0.2) is 11.3 Å². The lowest BCUT2D eigenvalue weighted by Gasteiger charge is -2.15. The Morgan fingerprint density at radius 3 is 2.52 bits per heavy atom. The number of hydrogen-bond acceptors (Lipinski definition) is 5. The molecule has 0 saturated heterocycles. The van der Waals surface area contributed by atoms with E-state index in [0.29, 0.717) is 10.1 Å². The maximum absolute atomic E-state index is 13.5. The predicted octanol–water partition coefficient (Wildman–Crippen LogP) is 2.83. The SMILES string of the molecule is COc1ccc(-c2nc3c(C(=O)O)cnn3c(C(F)(F)F)c2C)cn1. The van der Waals surface area contributed by atoms with Gasteiger partial charge in [-0.15, -0.1) is 0 Å². The van der Waals surface area contributed by atoms with E-state index < -0.39 is 29.1 Å². The summed E-state index contributed by atoms with van der Waals surface area (Å²) in [5.74, 6) is -1.13. The minimum Gasteiger partial charge on any atom is -0.481 e. The minimum atomic E-state index is -4.75. The molecule has 0 aromatic carbocycles. The van der Waals surface area contributed by atoms with Crippen LogP contribution in [0.3, 0.4) is 0 Å². The first-order chi connectivity index (χ1) is 11.7. The van der Waals surface area contributed by atoms with Crippen molar-refractivity contribution in [3.05, 3.63) is 41.3 Å². The first-order valence-electron chi connectivity index (χ1n) is 6.93. The highest BCUT2D eigenvalue weighted by Crippen LogP contribution is 2.36. The molecule has 0 amide bonds. The summed E-state index contributed by atoms with van der Waals surface area (Å²) in [6.45, 7) is 1.25. The molecule has 0 radical (unpaired) electrons. The van der Waals surface area contributed by atoms with E-state index in [1.807, 2.05) is 0 Å². The molecule has 0 fully saturated rings. The van der Waals surface area contributed by atoms with Crippen LogP contribution in [0.15, 0.2) is 24.5 Å². The molecule has 0 saturated carbocycles. The molecule has 3 aromatic rings. The highest BCUT2D eigenvalue weighted by atomic mass is 19.4. The third kappa shape index (κ3) is 2.75. The van der Waals surface area contributed by atoms with Crippen molar-refractivity contribution >= 4 is 11.6 Å². The fourth-order valence-corrected chi connectivity index (χ4v) is 2.48. The molecule has 0 atom stereocenters. The van der Waals surface area contributed by atoms with Gasteiger partial charge in [0, 0.05) is 23.4 Å². The largest absolute Gasteiger partial charge is 0.481 e. The van der Waals surface area contributed by atoms with Crippen molar-refractivity contribution in [2.24, 2.45) is 0 Å². The number of nitrogens with zero attached hydrogens (tertiary/aromatic N) is 4. The lowest BCUT2D eigenvalue weighted by atomic mass is 10.1. The standard InChI is InChI=1S/C15H11F3N4O3/c1-7-11(8-3-4-10(25-2)19-5-8)21-13-9(14(23)24)6-20-22(13)12(7)15(16,17)18/h3-6H,1-2H3,(H,23,24). The molecule has 130 valence electrons. The Labute approximate surface area is 138 Å². The van der Waals surface area contributed by atoms with Crippen molar-refractivity contribution in [2.75, 3.05) is 7.11 Å². The van der Waals surface area contributed by atoms with Crippen LogP contribution in [0.4, 0.5) is 13.2 Å². The molecule has 10 heteroatoms. The maximum atomic E-state index is 13.5. The smallest absolute Gasteiger partial charge is 0.433 e. The molecule has 3 aromatic heterocycles. The Bertz CT molecular complexity index is 965. The number of halogens is 3. The number of fused-ring (bicyclic) bond motifs is 1. The number of aromatic nitrogens is 4. The third-order valence-corrected chi connectivity index (χ3v) is 3.60. The number of alkyl halides is 3. The molecule has 0 aliphatic carbocycles. The van der Waals surface area contributed by atoms with Gasteiger partial charge in [-0.2, -0.15) is 18.3 Å². The number of carboxylic acid groups (broad SMARTS) is 1. The van der Waals surface area contributed by atoms with Crippen LogP contribution >= 0.6 is 0 Å². The topological polar surface area (TPSA) is 89.6 Å². The van der Waals surface area contributed by atoms with Crippen LogP contribution in [0.2, 0.25) is 0 Å². The molecule has 25 heavy (non-hydrogen) atoms. The number of carbonyl (C=O) groups is 1. The zero-order valence-electron chi connectivity index (χ0n) is 13.0. The predicted molar refractivity (Wildman–Crippen MR) is 79.5 cm³/mol. The highest BCUT2D eigenvalue weighted by molar-refractivity contribution is 5.94. The first kappa shape index (κ1) is 16.7. The van der Waals surface area contributed by atoms with E-state index in [9.17, 15) is 18.0 Å². The molecule has 7 nitrogen and oxygen atoms in total. The Morgan fingerprint density at radius 2 is 2.00 bits per heavy atom. The Morgan fingerprint density at radius 1 is 1.28 bits per heavy atom. The summed E-state index contributed by atoms with van der Waals surface area (Å²) in [5, 5.41) is 12.7. The Balaban J connectivity index is 2.36. The summed E-state index contributed by atoms with van der Waals surface area (Å²) in [4.78, 5) is 19.3. The van der Waals surface area contributed by atoms with Gasteiger partial charge in [-0.3, -0.25) is 0 Å². The fraction of sp³-hybridized carbons (Fsp3) is 0.200. The molecular weight excluding hydrogens is 341 g/mol. The third-order valence-electron chi connectivity index (χ3n) is 3.60. The van der Waals surface area contributed by atoms with E-state index in [2.05, 4.69) is 15.1 Å². The summed E-state index contributed by atoms with van der Waals surface area (Å²) in [7, 11) is 1.41. The van der Waals surface area contributed by atoms with Crippen LogP contribution in [0.25, 0.3) is 16.9 Å². The average Bonchev–Trinajstić information content (AvgIpc) is 2.96. The summed E-state index contributed by atoms with van der Waals surface area (Å²) in [5.41, 5.74) is -1.82. The minimum absolute atomic E-state index is 0.0296. The van der Waals surface area contributed by atoms with Gasteiger partial charge in [-0.25, -0.2) is 19.3 Å². The second-order valence-corrected chi connectivity index (χ2v) is 5.12. The lowest BCUT2D eigenvalue weighted by Crippen LogP contribution is -2.17. The summed E-state index contributed by atoms with van der Waals surface area (Å²) in [6, 6.07) is 2.97. The summed E-state index contributed by atoms with van der Waals surface area (Å²) >= 11 is 0. The van der Waals surface area contributed by atoms with Gasteiger partial charge in [0.25, 0.3) is 0 Å². The number of ether oxygens (including phenoxy) is 1. The van der Waals surface area contributed by atoms with E-state index in [1.165, 1.54) is 32.4 Å². The van der Waals surface area contributed by atoms with E-state index in [0.717, 1.165) is 6.20 Å². The van der Waals surface area contributed by atoms with Gasteiger partial charge < -0.3 is 9.84 Å². The number of hydrogen-bond donors (Lipinski definition) is 1. The molecule has 0 aliphatic rings. The monoisotopic (exact) mass is 352 g/mol. The van der Waals surface area contributed by atoms with Crippen molar-refractivity contribution in [3.8, 4) is 17.1 Å². The van der Waals surface area contributed by atoms with Crippen molar-refractivity contribution < 1.29 is 27.8 Å². The van der Waals surface area contributed by atoms with Crippen LogP contribution in [0.1, 0.15) is 21.6 Å². The number of methoxy groups -OCH3 is 1. The van der Waals surface area contributed by atoms with E-state index >= 15 is 0 Å².